The SMILES string of the molecule is COCc1ccc(C2(C(=O)O)CC2)o1. The van der Waals surface area contributed by atoms with E-state index in [0.717, 1.165) is 0 Å². The fraction of sp³-hybridized carbons (Fsp3) is 0.500. The minimum atomic E-state index is -0.796. The van der Waals surface area contributed by atoms with Crippen molar-refractivity contribution in [2.24, 2.45) is 0 Å². The van der Waals surface area contributed by atoms with E-state index in [0.29, 0.717) is 31.0 Å². The molecule has 4 heteroatoms. The van der Waals surface area contributed by atoms with Gasteiger partial charge in [0.1, 0.15) is 23.5 Å². The van der Waals surface area contributed by atoms with E-state index in [1.165, 1.54) is 0 Å². The summed E-state index contributed by atoms with van der Waals surface area (Å²) >= 11 is 0. The van der Waals surface area contributed by atoms with Gasteiger partial charge in [-0.15, -0.1) is 0 Å². The number of rotatable bonds is 4. The molecule has 1 aromatic rings. The lowest BCUT2D eigenvalue weighted by molar-refractivity contribution is -0.140. The standard InChI is InChI=1S/C10H12O4/c1-13-6-7-2-3-8(14-7)10(4-5-10)9(11)12/h2-3H,4-6H2,1H3,(H,11,12). The first-order chi connectivity index (χ1) is 6.69. The summed E-state index contributed by atoms with van der Waals surface area (Å²) in [5.41, 5.74) is -0.744. The molecule has 0 aromatic carbocycles. The maximum atomic E-state index is 11.0. The molecular weight excluding hydrogens is 184 g/mol. The van der Waals surface area contributed by atoms with Crippen LogP contribution in [-0.2, 0) is 21.6 Å². The van der Waals surface area contributed by atoms with Gasteiger partial charge in [0.25, 0.3) is 0 Å². The van der Waals surface area contributed by atoms with Crippen molar-refractivity contribution in [3.8, 4) is 0 Å². The lowest BCUT2D eigenvalue weighted by Gasteiger charge is -2.04. The van der Waals surface area contributed by atoms with Gasteiger partial charge in [-0.3, -0.25) is 4.79 Å². The van der Waals surface area contributed by atoms with Crippen molar-refractivity contribution in [3.63, 3.8) is 0 Å². The molecule has 1 heterocycles. The van der Waals surface area contributed by atoms with Gasteiger partial charge in [-0.1, -0.05) is 0 Å². The van der Waals surface area contributed by atoms with Gasteiger partial charge in [-0.25, -0.2) is 0 Å². The van der Waals surface area contributed by atoms with Crippen LogP contribution in [0.25, 0.3) is 0 Å². The van der Waals surface area contributed by atoms with E-state index in [-0.39, 0.29) is 0 Å². The summed E-state index contributed by atoms with van der Waals surface area (Å²) in [6.07, 6.45) is 1.34. The van der Waals surface area contributed by atoms with Gasteiger partial charge < -0.3 is 14.3 Å². The number of hydrogen-bond donors (Lipinski definition) is 1. The van der Waals surface area contributed by atoms with Crippen LogP contribution in [-0.4, -0.2) is 18.2 Å². The summed E-state index contributed by atoms with van der Waals surface area (Å²) in [6.45, 7) is 0.385. The molecule has 0 bridgehead atoms. The summed E-state index contributed by atoms with van der Waals surface area (Å²) in [5, 5.41) is 9.01. The lowest BCUT2D eigenvalue weighted by atomic mass is 10.1. The first kappa shape index (κ1) is 9.27. The molecule has 0 atom stereocenters. The molecule has 4 nitrogen and oxygen atoms in total. The number of methoxy groups -OCH3 is 1. The Bertz CT molecular complexity index is 349. The summed E-state index contributed by atoms with van der Waals surface area (Å²) in [4.78, 5) is 11.0. The number of ether oxygens (including phenoxy) is 1. The van der Waals surface area contributed by atoms with Gasteiger partial charge in [0.05, 0.1) is 0 Å². The third-order valence-corrected chi connectivity index (χ3v) is 2.58. The van der Waals surface area contributed by atoms with Gasteiger partial charge in [-0.2, -0.15) is 0 Å². The first-order valence-corrected chi connectivity index (χ1v) is 4.50. The number of aliphatic carboxylic acids is 1. The van der Waals surface area contributed by atoms with Crippen molar-refractivity contribution in [2.75, 3.05) is 7.11 Å². The number of carboxylic acids is 1. The zero-order valence-electron chi connectivity index (χ0n) is 7.95. The smallest absolute Gasteiger partial charge is 0.317 e. The number of furan rings is 1. The molecule has 2 rings (SSSR count). The van der Waals surface area contributed by atoms with Crippen LogP contribution in [0.3, 0.4) is 0 Å². The van der Waals surface area contributed by atoms with Crippen LogP contribution in [0.2, 0.25) is 0 Å². The topological polar surface area (TPSA) is 59.7 Å². The maximum absolute atomic E-state index is 11.0. The Labute approximate surface area is 81.5 Å². The molecule has 14 heavy (non-hydrogen) atoms. The van der Waals surface area contributed by atoms with Gasteiger partial charge in [0, 0.05) is 7.11 Å². The Hall–Kier alpha value is -1.29. The van der Waals surface area contributed by atoms with E-state index in [9.17, 15) is 4.79 Å². The second-order valence-corrected chi connectivity index (χ2v) is 3.59. The molecule has 1 aliphatic carbocycles. The zero-order chi connectivity index (χ0) is 10.2. The van der Waals surface area contributed by atoms with Crippen LogP contribution >= 0.6 is 0 Å². The van der Waals surface area contributed by atoms with E-state index in [4.69, 9.17) is 14.3 Å². The lowest BCUT2D eigenvalue weighted by Crippen LogP contribution is -2.18. The van der Waals surface area contributed by atoms with E-state index < -0.39 is 11.4 Å². The molecule has 0 aliphatic heterocycles. The summed E-state index contributed by atoms with van der Waals surface area (Å²) in [5.74, 6) is 0.433. The predicted molar refractivity (Wildman–Crippen MR) is 48.0 cm³/mol. The molecule has 0 spiro atoms. The number of carbonyl (C=O) groups is 1. The predicted octanol–water partition coefficient (Wildman–Crippen LogP) is 1.54. The molecule has 0 radical (unpaired) electrons. The van der Waals surface area contributed by atoms with E-state index in [1.54, 1.807) is 19.2 Å². The molecule has 0 amide bonds. The minimum Gasteiger partial charge on any atom is -0.480 e. The Morgan fingerprint density at radius 1 is 1.64 bits per heavy atom. The van der Waals surface area contributed by atoms with Gasteiger partial charge in [-0.05, 0) is 25.0 Å². The molecule has 1 aromatic heterocycles. The second kappa shape index (κ2) is 3.13. The van der Waals surface area contributed by atoms with Crippen molar-refractivity contribution in [1.29, 1.82) is 0 Å². The maximum Gasteiger partial charge on any atom is 0.317 e. The Kier molecular flexibility index (Phi) is 2.07. The number of hydrogen-bond acceptors (Lipinski definition) is 3. The molecule has 0 saturated heterocycles. The normalized spacial score (nSPS) is 18.1. The van der Waals surface area contributed by atoms with Crippen molar-refractivity contribution < 1.29 is 19.1 Å². The summed E-state index contributed by atoms with van der Waals surface area (Å²) in [7, 11) is 1.58. The summed E-state index contributed by atoms with van der Waals surface area (Å²) < 4.78 is 10.3. The molecule has 1 aliphatic rings. The summed E-state index contributed by atoms with van der Waals surface area (Å²) in [6, 6.07) is 3.50. The van der Waals surface area contributed by atoms with E-state index in [1.807, 2.05) is 0 Å². The zero-order valence-corrected chi connectivity index (χ0v) is 7.95. The Morgan fingerprint density at radius 2 is 2.36 bits per heavy atom. The highest BCUT2D eigenvalue weighted by Crippen LogP contribution is 2.48. The average Bonchev–Trinajstić information content (AvgIpc) is 2.84. The third kappa shape index (κ3) is 1.32. The van der Waals surface area contributed by atoms with Crippen LogP contribution in [0, 0.1) is 0 Å². The molecule has 1 fully saturated rings. The van der Waals surface area contributed by atoms with Crippen molar-refractivity contribution in [2.45, 2.75) is 24.9 Å². The fourth-order valence-corrected chi connectivity index (χ4v) is 1.55. The highest BCUT2D eigenvalue weighted by atomic mass is 16.5. The molecular formula is C10H12O4. The highest BCUT2D eigenvalue weighted by molar-refractivity contribution is 5.83. The van der Waals surface area contributed by atoms with Crippen LogP contribution in [0.15, 0.2) is 16.5 Å². The highest BCUT2D eigenvalue weighted by Gasteiger charge is 2.54. The van der Waals surface area contributed by atoms with Gasteiger partial charge in [0.15, 0.2) is 0 Å². The Balaban J connectivity index is 2.21. The molecule has 1 N–H and O–H groups in total. The van der Waals surface area contributed by atoms with Crippen LogP contribution < -0.4 is 0 Å². The van der Waals surface area contributed by atoms with Crippen molar-refractivity contribution >= 4 is 5.97 Å². The second-order valence-electron chi connectivity index (χ2n) is 3.59. The molecule has 76 valence electrons. The largest absolute Gasteiger partial charge is 0.480 e. The van der Waals surface area contributed by atoms with Gasteiger partial charge >= 0.3 is 5.97 Å². The Morgan fingerprint density at radius 3 is 2.86 bits per heavy atom. The first-order valence-electron chi connectivity index (χ1n) is 4.50. The van der Waals surface area contributed by atoms with Crippen LogP contribution in [0.5, 0.6) is 0 Å². The fourth-order valence-electron chi connectivity index (χ4n) is 1.55. The van der Waals surface area contributed by atoms with E-state index in [2.05, 4.69) is 0 Å². The average molecular weight is 196 g/mol. The minimum absolute atomic E-state index is 0.385. The molecule has 0 unspecified atom stereocenters. The monoisotopic (exact) mass is 196 g/mol. The van der Waals surface area contributed by atoms with Crippen molar-refractivity contribution in [1.82, 2.24) is 0 Å². The number of carboxylic acid groups (broad SMARTS) is 1. The van der Waals surface area contributed by atoms with Gasteiger partial charge in [0.2, 0.25) is 0 Å². The van der Waals surface area contributed by atoms with Crippen molar-refractivity contribution in [3.05, 3.63) is 23.7 Å². The third-order valence-electron chi connectivity index (χ3n) is 2.58. The van der Waals surface area contributed by atoms with E-state index >= 15 is 0 Å². The molecule has 1 saturated carbocycles. The van der Waals surface area contributed by atoms with Crippen LogP contribution in [0.4, 0.5) is 0 Å². The quantitative estimate of drug-likeness (QED) is 0.793. The van der Waals surface area contributed by atoms with Crippen LogP contribution in [0.1, 0.15) is 24.4 Å².